The number of hydrogen-bond acceptors (Lipinski definition) is 8. The standard InChI is InChI=1S/C23H26N2O6S3/c1-15-6-8-16(9-7-15)17-10-18(33(5,27)28)12-19(11-17)34(29,30)21-14-24-20(32-21)13-25-22(26)31-23(2,3)4/h6-12,14H,13H2,1-5H3,(H,25,26). The van der Waals surface area contributed by atoms with E-state index < -0.39 is 31.4 Å². The summed E-state index contributed by atoms with van der Waals surface area (Å²) in [6.45, 7) is 7.11. The molecule has 0 aliphatic rings. The number of nitrogens with zero attached hydrogens (tertiary/aromatic N) is 1. The first kappa shape index (κ1) is 25.9. The quantitative estimate of drug-likeness (QED) is 0.510. The molecule has 0 saturated carbocycles. The molecule has 0 radical (unpaired) electrons. The molecule has 0 atom stereocenters. The van der Waals surface area contributed by atoms with Gasteiger partial charge in [-0.2, -0.15) is 0 Å². The zero-order chi connectivity index (χ0) is 25.3. The van der Waals surface area contributed by atoms with Crippen LogP contribution in [0, 0.1) is 6.92 Å². The van der Waals surface area contributed by atoms with E-state index in [-0.39, 0.29) is 20.5 Å². The van der Waals surface area contributed by atoms with E-state index in [2.05, 4.69) is 10.3 Å². The molecule has 182 valence electrons. The summed E-state index contributed by atoms with van der Waals surface area (Å²) in [5.74, 6) is 0. The summed E-state index contributed by atoms with van der Waals surface area (Å²) in [6, 6.07) is 11.4. The van der Waals surface area contributed by atoms with Gasteiger partial charge in [-0.15, -0.1) is 11.3 Å². The van der Waals surface area contributed by atoms with Crippen molar-refractivity contribution in [3.05, 3.63) is 59.2 Å². The fraction of sp³-hybridized carbons (Fsp3) is 0.304. The van der Waals surface area contributed by atoms with E-state index in [9.17, 15) is 21.6 Å². The second-order valence-electron chi connectivity index (χ2n) is 8.76. The number of amides is 1. The Morgan fingerprint density at radius 3 is 2.21 bits per heavy atom. The van der Waals surface area contributed by atoms with E-state index in [0.29, 0.717) is 16.1 Å². The van der Waals surface area contributed by atoms with Crippen LogP contribution < -0.4 is 5.32 Å². The molecule has 0 unspecified atom stereocenters. The van der Waals surface area contributed by atoms with E-state index >= 15 is 0 Å². The lowest BCUT2D eigenvalue weighted by molar-refractivity contribution is 0.0523. The molecule has 1 heterocycles. The zero-order valence-electron chi connectivity index (χ0n) is 19.4. The highest BCUT2D eigenvalue weighted by molar-refractivity contribution is 7.93. The molecule has 0 spiro atoms. The third kappa shape index (κ3) is 6.43. The van der Waals surface area contributed by atoms with Crippen LogP contribution in [0.2, 0.25) is 0 Å². The molecule has 2 aromatic carbocycles. The number of hydrogen-bond donors (Lipinski definition) is 1. The number of thiazole rings is 1. The van der Waals surface area contributed by atoms with Crippen molar-refractivity contribution in [1.82, 2.24) is 10.3 Å². The van der Waals surface area contributed by atoms with E-state index in [1.54, 1.807) is 32.9 Å². The number of alkyl carbamates (subject to hydrolysis) is 1. The van der Waals surface area contributed by atoms with E-state index in [4.69, 9.17) is 4.74 Å². The lowest BCUT2D eigenvalue weighted by atomic mass is 10.0. The first-order valence-corrected chi connectivity index (χ1v) is 14.4. The number of rotatable bonds is 6. The molecule has 1 N–H and O–H groups in total. The second kappa shape index (κ2) is 9.47. The molecule has 11 heteroatoms. The first-order valence-electron chi connectivity index (χ1n) is 10.2. The number of sulfone groups is 2. The molecule has 3 aromatic rings. The van der Waals surface area contributed by atoms with E-state index in [0.717, 1.165) is 29.2 Å². The monoisotopic (exact) mass is 522 g/mol. The van der Waals surface area contributed by atoms with Crippen LogP contribution in [0.15, 0.2) is 62.7 Å². The van der Waals surface area contributed by atoms with Crippen molar-refractivity contribution < 1.29 is 26.4 Å². The highest BCUT2D eigenvalue weighted by Gasteiger charge is 2.25. The normalized spacial score (nSPS) is 12.4. The Hall–Kier alpha value is -2.76. The van der Waals surface area contributed by atoms with Gasteiger partial charge in [0.2, 0.25) is 9.84 Å². The summed E-state index contributed by atoms with van der Waals surface area (Å²) >= 11 is 0.893. The van der Waals surface area contributed by atoms with Crippen molar-refractivity contribution in [2.45, 2.75) is 53.8 Å². The SMILES string of the molecule is Cc1ccc(-c2cc(S(C)(=O)=O)cc(S(=O)(=O)c3cnc(CNC(=O)OC(C)(C)C)s3)c2)cc1. The molecule has 8 nitrogen and oxygen atoms in total. The summed E-state index contributed by atoms with van der Waals surface area (Å²) in [5, 5.41) is 2.90. The average molecular weight is 523 g/mol. The Balaban J connectivity index is 1.95. The highest BCUT2D eigenvalue weighted by atomic mass is 32.2. The van der Waals surface area contributed by atoms with Gasteiger partial charge in [-0.25, -0.2) is 26.6 Å². The minimum atomic E-state index is -4.06. The van der Waals surface area contributed by atoms with Gasteiger partial charge in [0.15, 0.2) is 9.84 Å². The average Bonchev–Trinajstić information content (AvgIpc) is 3.20. The summed E-state index contributed by atoms with van der Waals surface area (Å²) in [5.41, 5.74) is 1.52. The number of aromatic nitrogens is 1. The maximum Gasteiger partial charge on any atom is 0.408 e. The molecule has 0 saturated heterocycles. The van der Waals surface area contributed by atoms with E-state index in [1.807, 2.05) is 19.1 Å². The molecule has 0 aliphatic carbocycles. The van der Waals surface area contributed by atoms with Gasteiger partial charge in [0.25, 0.3) is 0 Å². The first-order chi connectivity index (χ1) is 15.6. The highest BCUT2D eigenvalue weighted by Crippen LogP contribution is 2.32. The third-order valence-electron chi connectivity index (χ3n) is 4.58. The smallest absolute Gasteiger partial charge is 0.408 e. The molecular weight excluding hydrogens is 496 g/mol. The molecule has 1 amide bonds. The third-order valence-corrected chi connectivity index (χ3v) is 8.87. The van der Waals surface area contributed by atoms with Crippen molar-refractivity contribution >= 4 is 37.1 Å². The van der Waals surface area contributed by atoms with Gasteiger partial charge in [-0.05, 0) is 57.0 Å². The second-order valence-corrected chi connectivity index (χ2v) is 14.1. The van der Waals surface area contributed by atoms with Crippen molar-refractivity contribution in [2.75, 3.05) is 6.26 Å². The van der Waals surface area contributed by atoms with Crippen LogP contribution in [0.1, 0.15) is 31.3 Å². The zero-order valence-corrected chi connectivity index (χ0v) is 21.9. The Morgan fingerprint density at radius 1 is 1.00 bits per heavy atom. The fourth-order valence-corrected chi connectivity index (χ4v) is 6.28. The lowest BCUT2D eigenvalue weighted by Gasteiger charge is -2.19. The summed E-state index contributed by atoms with van der Waals surface area (Å²) in [6.07, 6.45) is 1.59. The topological polar surface area (TPSA) is 120 Å². The Labute approximate surface area is 203 Å². The number of aryl methyl sites for hydroxylation is 1. The van der Waals surface area contributed by atoms with Crippen LogP contribution in [0.3, 0.4) is 0 Å². The van der Waals surface area contributed by atoms with Crippen LogP contribution in [0.4, 0.5) is 4.79 Å². The minimum Gasteiger partial charge on any atom is -0.444 e. The van der Waals surface area contributed by atoms with Gasteiger partial charge in [-0.1, -0.05) is 29.8 Å². The predicted molar refractivity (Wildman–Crippen MR) is 130 cm³/mol. The van der Waals surface area contributed by atoms with Gasteiger partial charge in [0.05, 0.1) is 22.5 Å². The van der Waals surface area contributed by atoms with Crippen molar-refractivity contribution in [3.8, 4) is 11.1 Å². The number of benzene rings is 2. The van der Waals surface area contributed by atoms with Gasteiger partial charge < -0.3 is 10.1 Å². The van der Waals surface area contributed by atoms with Gasteiger partial charge >= 0.3 is 6.09 Å². The molecular formula is C23H26N2O6S3. The summed E-state index contributed by atoms with van der Waals surface area (Å²) < 4.78 is 56.4. The van der Waals surface area contributed by atoms with Gasteiger partial charge in [0.1, 0.15) is 14.8 Å². The Bertz CT molecular complexity index is 1420. The van der Waals surface area contributed by atoms with Crippen molar-refractivity contribution in [2.24, 2.45) is 0 Å². The number of carbonyl (C=O) groups excluding carboxylic acids is 1. The molecule has 0 aliphatic heterocycles. The maximum atomic E-state index is 13.4. The summed E-state index contributed by atoms with van der Waals surface area (Å²) in [4.78, 5) is 15.7. The predicted octanol–water partition coefficient (Wildman–Crippen LogP) is 4.38. The largest absolute Gasteiger partial charge is 0.444 e. The van der Waals surface area contributed by atoms with Crippen LogP contribution in [-0.4, -0.2) is 39.8 Å². The molecule has 1 aromatic heterocycles. The lowest BCUT2D eigenvalue weighted by Crippen LogP contribution is -2.32. The van der Waals surface area contributed by atoms with Crippen LogP contribution in [0.25, 0.3) is 11.1 Å². The maximum absolute atomic E-state index is 13.4. The minimum absolute atomic E-state index is 0.00685. The Kier molecular flexibility index (Phi) is 7.20. The number of nitrogens with one attached hydrogen (secondary N) is 1. The molecule has 34 heavy (non-hydrogen) atoms. The van der Waals surface area contributed by atoms with Gasteiger partial charge in [0, 0.05) is 6.26 Å². The van der Waals surface area contributed by atoms with Crippen molar-refractivity contribution in [1.29, 1.82) is 0 Å². The van der Waals surface area contributed by atoms with E-state index in [1.165, 1.54) is 18.3 Å². The molecule has 3 rings (SSSR count). The van der Waals surface area contributed by atoms with Gasteiger partial charge in [-0.3, -0.25) is 0 Å². The molecule has 0 bridgehead atoms. The van der Waals surface area contributed by atoms with Crippen LogP contribution in [0.5, 0.6) is 0 Å². The van der Waals surface area contributed by atoms with Crippen LogP contribution in [-0.2, 0) is 31.0 Å². The summed E-state index contributed by atoms with van der Waals surface area (Å²) in [7, 11) is -7.73. The number of carbonyl (C=O) groups is 1. The van der Waals surface area contributed by atoms with Crippen LogP contribution >= 0.6 is 11.3 Å². The number of ether oxygens (including phenoxy) is 1. The van der Waals surface area contributed by atoms with Crippen molar-refractivity contribution in [3.63, 3.8) is 0 Å². The Morgan fingerprint density at radius 2 is 1.62 bits per heavy atom. The molecule has 0 fully saturated rings. The fourth-order valence-electron chi connectivity index (χ4n) is 2.93.